The molecular weight excluding hydrogens is 200 g/mol. The molecule has 0 spiro atoms. The van der Waals surface area contributed by atoms with Crippen molar-refractivity contribution in [3.05, 3.63) is 23.8 Å². The van der Waals surface area contributed by atoms with Crippen molar-refractivity contribution in [2.24, 2.45) is 5.73 Å². The van der Waals surface area contributed by atoms with E-state index in [2.05, 4.69) is 35.9 Å². The maximum atomic E-state index is 5.91. The van der Waals surface area contributed by atoms with Crippen molar-refractivity contribution in [3.63, 3.8) is 0 Å². The van der Waals surface area contributed by atoms with E-state index in [1.807, 2.05) is 12.3 Å². The molecule has 0 saturated heterocycles. The molecule has 1 heterocycles. The van der Waals surface area contributed by atoms with Gasteiger partial charge in [0, 0.05) is 37.3 Å². The molecule has 0 radical (unpaired) electrons. The van der Waals surface area contributed by atoms with E-state index in [1.54, 1.807) is 0 Å². The molecule has 4 heteroatoms. The molecule has 0 saturated carbocycles. The summed E-state index contributed by atoms with van der Waals surface area (Å²) < 4.78 is 0. The fourth-order valence-corrected chi connectivity index (χ4v) is 1.41. The van der Waals surface area contributed by atoms with Gasteiger partial charge in [0.25, 0.3) is 0 Å². The van der Waals surface area contributed by atoms with Crippen LogP contribution >= 0.6 is 0 Å². The predicted octanol–water partition coefficient (Wildman–Crippen LogP) is 0.861. The minimum Gasteiger partial charge on any atom is -0.327 e. The van der Waals surface area contributed by atoms with Crippen LogP contribution in [0.4, 0.5) is 0 Å². The molecule has 0 amide bonds. The molecule has 4 nitrogen and oxygen atoms in total. The van der Waals surface area contributed by atoms with Gasteiger partial charge in [-0.1, -0.05) is 6.92 Å². The Bertz CT molecular complexity index is 312. The molecule has 1 aromatic heterocycles. The predicted molar refractivity (Wildman–Crippen MR) is 66.3 cm³/mol. The summed E-state index contributed by atoms with van der Waals surface area (Å²) in [5.41, 5.74) is 6.96. The molecule has 0 bridgehead atoms. The number of hydrogen-bond donors (Lipinski definition) is 1. The van der Waals surface area contributed by atoms with Crippen LogP contribution < -0.4 is 5.73 Å². The van der Waals surface area contributed by atoms with Gasteiger partial charge in [-0.2, -0.15) is 0 Å². The molecule has 0 fully saturated rings. The smallest absolute Gasteiger partial charge is 0.129 e. The molecule has 0 aliphatic carbocycles. The minimum atomic E-state index is 0.205. The zero-order valence-electron chi connectivity index (χ0n) is 10.5. The average molecular weight is 222 g/mol. The summed E-state index contributed by atoms with van der Waals surface area (Å²) in [6.07, 6.45) is 4.54. The maximum Gasteiger partial charge on any atom is 0.129 e. The number of likely N-dealkylation sites (N-methyl/N-ethyl adjacent to an activating group) is 1. The monoisotopic (exact) mass is 222 g/mol. The number of hydrogen-bond acceptors (Lipinski definition) is 4. The van der Waals surface area contributed by atoms with Gasteiger partial charge in [0.05, 0.1) is 0 Å². The summed E-state index contributed by atoms with van der Waals surface area (Å²) in [5, 5.41) is 0. The molecule has 0 aliphatic rings. The number of aromatic nitrogens is 2. The van der Waals surface area contributed by atoms with E-state index in [0.29, 0.717) is 0 Å². The van der Waals surface area contributed by atoms with Crippen LogP contribution in [0.2, 0.25) is 0 Å². The van der Waals surface area contributed by atoms with E-state index in [0.717, 1.165) is 37.3 Å². The van der Waals surface area contributed by atoms with E-state index in [1.165, 1.54) is 0 Å². The molecule has 1 aromatic rings. The highest BCUT2D eigenvalue weighted by Crippen LogP contribution is 2.02. The van der Waals surface area contributed by atoms with Crippen LogP contribution in [0.25, 0.3) is 0 Å². The van der Waals surface area contributed by atoms with Gasteiger partial charge in [-0.3, -0.25) is 0 Å². The van der Waals surface area contributed by atoms with Crippen LogP contribution in [0.1, 0.15) is 24.9 Å². The third-order valence-electron chi connectivity index (χ3n) is 2.54. The molecule has 16 heavy (non-hydrogen) atoms. The highest BCUT2D eigenvalue weighted by Gasteiger charge is 2.04. The summed E-state index contributed by atoms with van der Waals surface area (Å²) >= 11 is 0. The van der Waals surface area contributed by atoms with E-state index < -0.39 is 0 Å². The van der Waals surface area contributed by atoms with Gasteiger partial charge in [-0.25, -0.2) is 9.97 Å². The molecule has 2 N–H and O–H groups in total. The van der Waals surface area contributed by atoms with E-state index in [4.69, 9.17) is 5.73 Å². The zero-order chi connectivity index (χ0) is 12.0. The lowest BCUT2D eigenvalue weighted by Crippen LogP contribution is -2.22. The van der Waals surface area contributed by atoms with E-state index >= 15 is 0 Å². The Morgan fingerprint density at radius 3 is 2.81 bits per heavy atom. The van der Waals surface area contributed by atoms with Gasteiger partial charge in [0.15, 0.2) is 0 Å². The SMILES string of the molecule is CCC(N)Cc1ccnc(CCN(C)C)n1. The number of nitrogens with two attached hydrogens (primary N) is 1. The van der Waals surface area contributed by atoms with Crippen molar-refractivity contribution in [1.82, 2.24) is 14.9 Å². The Labute approximate surface area is 97.9 Å². The molecule has 1 atom stereocenters. The highest BCUT2D eigenvalue weighted by molar-refractivity contribution is 5.04. The molecule has 0 aromatic carbocycles. The van der Waals surface area contributed by atoms with Crippen molar-refractivity contribution in [1.29, 1.82) is 0 Å². The Morgan fingerprint density at radius 1 is 1.44 bits per heavy atom. The van der Waals surface area contributed by atoms with Crippen LogP contribution in [0, 0.1) is 0 Å². The van der Waals surface area contributed by atoms with Gasteiger partial charge < -0.3 is 10.6 Å². The minimum absolute atomic E-state index is 0.205. The first-order valence-electron chi connectivity index (χ1n) is 5.83. The van der Waals surface area contributed by atoms with Gasteiger partial charge in [0.1, 0.15) is 5.82 Å². The fourth-order valence-electron chi connectivity index (χ4n) is 1.41. The molecule has 90 valence electrons. The summed E-state index contributed by atoms with van der Waals surface area (Å²) in [6.45, 7) is 3.07. The molecule has 1 rings (SSSR count). The first-order chi connectivity index (χ1) is 7.61. The normalized spacial score (nSPS) is 13.1. The van der Waals surface area contributed by atoms with Crippen LogP contribution in [-0.4, -0.2) is 41.5 Å². The van der Waals surface area contributed by atoms with Crippen molar-refractivity contribution >= 4 is 0 Å². The second-order valence-corrected chi connectivity index (χ2v) is 4.39. The van der Waals surface area contributed by atoms with Crippen molar-refractivity contribution in [2.45, 2.75) is 32.2 Å². The lowest BCUT2D eigenvalue weighted by Gasteiger charge is -2.10. The van der Waals surface area contributed by atoms with Crippen molar-refractivity contribution in [2.75, 3.05) is 20.6 Å². The van der Waals surface area contributed by atoms with Gasteiger partial charge in [0.2, 0.25) is 0 Å². The number of nitrogens with zero attached hydrogens (tertiary/aromatic N) is 3. The van der Waals surface area contributed by atoms with Gasteiger partial charge in [-0.15, -0.1) is 0 Å². The summed E-state index contributed by atoms with van der Waals surface area (Å²) in [4.78, 5) is 10.9. The lowest BCUT2D eigenvalue weighted by molar-refractivity contribution is 0.409. The maximum absolute atomic E-state index is 5.91. The Balaban J connectivity index is 2.56. The first kappa shape index (κ1) is 13.1. The first-order valence-corrected chi connectivity index (χ1v) is 5.83. The lowest BCUT2D eigenvalue weighted by atomic mass is 10.1. The average Bonchev–Trinajstić information content (AvgIpc) is 2.26. The van der Waals surface area contributed by atoms with Crippen LogP contribution in [0.3, 0.4) is 0 Å². The van der Waals surface area contributed by atoms with Crippen LogP contribution in [0.15, 0.2) is 12.3 Å². The van der Waals surface area contributed by atoms with Crippen molar-refractivity contribution in [3.8, 4) is 0 Å². The van der Waals surface area contributed by atoms with Crippen LogP contribution in [0.5, 0.6) is 0 Å². The Hall–Kier alpha value is -1.00. The fraction of sp³-hybridized carbons (Fsp3) is 0.667. The van der Waals surface area contributed by atoms with E-state index in [-0.39, 0.29) is 6.04 Å². The third-order valence-corrected chi connectivity index (χ3v) is 2.54. The molecular formula is C12H22N4. The second-order valence-electron chi connectivity index (χ2n) is 4.39. The summed E-state index contributed by atoms with van der Waals surface area (Å²) in [6, 6.07) is 2.16. The third kappa shape index (κ3) is 4.68. The van der Waals surface area contributed by atoms with Gasteiger partial charge >= 0.3 is 0 Å². The molecule has 1 unspecified atom stereocenters. The number of rotatable bonds is 6. The largest absolute Gasteiger partial charge is 0.327 e. The Kier molecular flexibility index (Phi) is 5.35. The zero-order valence-corrected chi connectivity index (χ0v) is 10.5. The quantitative estimate of drug-likeness (QED) is 0.775. The van der Waals surface area contributed by atoms with E-state index in [9.17, 15) is 0 Å². The summed E-state index contributed by atoms with van der Waals surface area (Å²) in [5.74, 6) is 0.912. The standard InChI is InChI=1S/C12H22N4/c1-4-10(13)9-11-5-7-14-12(15-11)6-8-16(2)3/h5,7,10H,4,6,8-9,13H2,1-3H3. The Morgan fingerprint density at radius 2 is 2.19 bits per heavy atom. The van der Waals surface area contributed by atoms with Crippen molar-refractivity contribution < 1.29 is 0 Å². The van der Waals surface area contributed by atoms with Crippen LogP contribution in [-0.2, 0) is 12.8 Å². The molecule has 0 aliphatic heterocycles. The summed E-state index contributed by atoms with van der Waals surface area (Å²) in [7, 11) is 4.10. The van der Waals surface area contributed by atoms with Gasteiger partial charge in [-0.05, 0) is 26.6 Å². The topological polar surface area (TPSA) is 55.0 Å². The highest BCUT2D eigenvalue weighted by atomic mass is 15.1. The second kappa shape index (κ2) is 6.55.